The van der Waals surface area contributed by atoms with Gasteiger partial charge in [0.25, 0.3) is 0 Å². The zero-order valence-electron chi connectivity index (χ0n) is 7.42. The van der Waals surface area contributed by atoms with Crippen LogP contribution >= 0.6 is 27.3 Å². The lowest BCUT2D eigenvalue weighted by Gasteiger charge is -2.29. The molecule has 2 unspecified atom stereocenters. The van der Waals surface area contributed by atoms with Gasteiger partial charge in [0, 0.05) is 17.5 Å². The summed E-state index contributed by atoms with van der Waals surface area (Å²) in [5.41, 5.74) is 0. The van der Waals surface area contributed by atoms with E-state index in [0.29, 0.717) is 6.04 Å². The van der Waals surface area contributed by atoms with Gasteiger partial charge in [-0.25, -0.2) is 0 Å². The van der Waals surface area contributed by atoms with Gasteiger partial charge in [-0.2, -0.15) is 0 Å². The van der Waals surface area contributed by atoms with Crippen molar-refractivity contribution in [1.29, 1.82) is 0 Å². The summed E-state index contributed by atoms with van der Waals surface area (Å²) in [5, 5.41) is 3.41. The molecule has 0 aliphatic carbocycles. The second-order valence-electron chi connectivity index (χ2n) is 3.18. The summed E-state index contributed by atoms with van der Waals surface area (Å²) in [6.07, 6.45) is 0.227. The van der Waals surface area contributed by atoms with Crippen LogP contribution in [0.5, 0.6) is 0 Å². The maximum absolute atomic E-state index is 5.72. The van der Waals surface area contributed by atoms with Gasteiger partial charge in [0.2, 0.25) is 0 Å². The Hall–Kier alpha value is 0.1000. The Morgan fingerprint density at radius 2 is 2.46 bits per heavy atom. The van der Waals surface area contributed by atoms with Gasteiger partial charge in [-0.15, -0.1) is 11.3 Å². The van der Waals surface area contributed by atoms with Crippen molar-refractivity contribution >= 4 is 27.3 Å². The van der Waals surface area contributed by atoms with E-state index in [4.69, 9.17) is 4.74 Å². The molecular formula is C9H12BrNOS. The minimum Gasteiger partial charge on any atom is -0.370 e. The minimum atomic E-state index is 0.227. The molecule has 1 aliphatic heterocycles. The van der Waals surface area contributed by atoms with Gasteiger partial charge in [0.05, 0.1) is 10.4 Å². The first-order valence-corrected chi connectivity index (χ1v) is 5.98. The van der Waals surface area contributed by atoms with Crippen molar-refractivity contribution in [3.63, 3.8) is 0 Å². The van der Waals surface area contributed by atoms with Crippen molar-refractivity contribution in [2.75, 3.05) is 13.2 Å². The fraction of sp³-hybridized carbons (Fsp3) is 0.556. The van der Waals surface area contributed by atoms with E-state index in [1.54, 1.807) is 11.3 Å². The Morgan fingerprint density at radius 3 is 3.08 bits per heavy atom. The molecule has 1 aliphatic rings. The molecule has 2 atom stereocenters. The number of hydrogen-bond donors (Lipinski definition) is 1. The van der Waals surface area contributed by atoms with Crippen LogP contribution in [0.1, 0.15) is 17.9 Å². The first kappa shape index (κ1) is 9.65. The Bertz CT molecular complexity index is 289. The third-order valence-electron chi connectivity index (χ3n) is 2.19. The smallest absolute Gasteiger partial charge is 0.107 e. The van der Waals surface area contributed by atoms with Crippen LogP contribution in [0.2, 0.25) is 0 Å². The Labute approximate surface area is 90.4 Å². The van der Waals surface area contributed by atoms with E-state index < -0.39 is 0 Å². The summed E-state index contributed by atoms with van der Waals surface area (Å²) in [7, 11) is 0. The zero-order valence-corrected chi connectivity index (χ0v) is 9.82. The summed E-state index contributed by atoms with van der Waals surface area (Å²) < 4.78 is 6.89. The highest BCUT2D eigenvalue weighted by Crippen LogP contribution is 2.32. The molecule has 0 amide bonds. The molecule has 0 aromatic carbocycles. The van der Waals surface area contributed by atoms with Gasteiger partial charge in [0.15, 0.2) is 0 Å². The molecule has 13 heavy (non-hydrogen) atoms. The Morgan fingerprint density at radius 1 is 1.62 bits per heavy atom. The van der Waals surface area contributed by atoms with E-state index in [2.05, 4.69) is 40.3 Å². The Balaban J connectivity index is 2.14. The van der Waals surface area contributed by atoms with Crippen LogP contribution in [-0.4, -0.2) is 19.2 Å². The van der Waals surface area contributed by atoms with Crippen molar-refractivity contribution in [3.8, 4) is 0 Å². The fourth-order valence-electron chi connectivity index (χ4n) is 1.53. The van der Waals surface area contributed by atoms with E-state index >= 15 is 0 Å². The topological polar surface area (TPSA) is 21.3 Å². The van der Waals surface area contributed by atoms with E-state index in [-0.39, 0.29) is 6.10 Å². The standard InChI is InChI=1S/C9H12BrNOS/c1-6-9(12-5-4-11-6)7-2-3-8(10)13-7/h2-3,6,9,11H,4-5H2,1H3. The molecule has 1 fully saturated rings. The van der Waals surface area contributed by atoms with Gasteiger partial charge in [-0.3, -0.25) is 0 Å². The molecule has 1 aromatic rings. The Kier molecular flexibility index (Phi) is 3.03. The summed E-state index contributed by atoms with van der Waals surface area (Å²) >= 11 is 5.21. The molecule has 1 N–H and O–H groups in total. The molecule has 2 rings (SSSR count). The fourth-order valence-corrected chi connectivity index (χ4v) is 3.11. The zero-order chi connectivity index (χ0) is 9.26. The molecule has 1 saturated heterocycles. The summed E-state index contributed by atoms with van der Waals surface area (Å²) in [4.78, 5) is 1.30. The highest BCUT2D eigenvalue weighted by atomic mass is 79.9. The molecule has 2 heterocycles. The second kappa shape index (κ2) is 4.09. The predicted octanol–water partition coefficient (Wildman–Crippen LogP) is 2.56. The van der Waals surface area contributed by atoms with Crippen LogP contribution in [0, 0.1) is 0 Å². The summed E-state index contributed by atoms with van der Waals surface area (Å²) in [6.45, 7) is 3.94. The van der Waals surface area contributed by atoms with Crippen molar-refractivity contribution < 1.29 is 4.74 Å². The molecule has 0 saturated carbocycles. The maximum Gasteiger partial charge on any atom is 0.107 e. The van der Waals surface area contributed by atoms with E-state index in [1.165, 1.54) is 8.66 Å². The van der Waals surface area contributed by atoms with Crippen molar-refractivity contribution in [1.82, 2.24) is 5.32 Å². The number of thiophene rings is 1. The number of hydrogen-bond acceptors (Lipinski definition) is 3. The third kappa shape index (κ3) is 2.13. The largest absolute Gasteiger partial charge is 0.370 e. The molecule has 1 aromatic heterocycles. The van der Waals surface area contributed by atoms with Crippen molar-refractivity contribution in [3.05, 3.63) is 20.8 Å². The quantitative estimate of drug-likeness (QED) is 0.839. The normalized spacial score (nSPS) is 29.1. The van der Waals surface area contributed by atoms with E-state index in [1.807, 2.05) is 0 Å². The van der Waals surface area contributed by atoms with Crippen molar-refractivity contribution in [2.24, 2.45) is 0 Å². The van der Waals surface area contributed by atoms with Crippen molar-refractivity contribution in [2.45, 2.75) is 19.1 Å². The SMILES string of the molecule is CC1NCCOC1c1ccc(Br)s1. The van der Waals surface area contributed by atoms with E-state index in [9.17, 15) is 0 Å². The van der Waals surface area contributed by atoms with Crippen LogP contribution in [-0.2, 0) is 4.74 Å². The van der Waals surface area contributed by atoms with Gasteiger partial charge in [-0.05, 0) is 35.0 Å². The number of morpholine rings is 1. The van der Waals surface area contributed by atoms with Gasteiger partial charge < -0.3 is 10.1 Å². The lowest BCUT2D eigenvalue weighted by molar-refractivity contribution is 0.00199. The third-order valence-corrected chi connectivity index (χ3v) is 3.88. The molecular weight excluding hydrogens is 250 g/mol. The molecule has 0 bridgehead atoms. The first-order valence-electron chi connectivity index (χ1n) is 4.37. The molecule has 2 nitrogen and oxygen atoms in total. The molecule has 0 spiro atoms. The molecule has 72 valence electrons. The number of nitrogens with one attached hydrogen (secondary N) is 1. The monoisotopic (exact) mass is 261 g/mol. The maximum atomic E-state index is 5.72. The summed E-state index contributed by atoms with van der Waals surface area (Å²) in [5.74, 6) is 0. The first-order chi connectivity index (χ1) is 6.27. The van der Waals surface area contributed by atoms with E-state index in [0.717, 1.165) is 13.2 Å². The second-order valence-corrected chi connectivity index (χ2v) is 5.67. The average Bonchev–Trinajstić information content (AvgIpc) is 2.53. The van der Waals surface area contributed by atoms with Crippen LogP contribution < -0.4 is 5.32 Å². The lowest BCUT2D eigenvalue weighted by Crippen LogP contribution is -2.41. The van der Waals surface area contributed by atoms with Crippen LogP contribution in [0.3, 0.4) is 0 Å². The van der Waals surface area contributed by atoms with Gasteiger partial charge >= 0.3 is 0 Å². The number of halogens is 1. The molecule has 0 radical (unpaired) electrons. The van der Waals surface area contributed by atoms with Crippen LogP contribution in [0.25, 0.3) is 0 Å². The summed E-state index contributed by atoms with van der Waals surface area (Å²) in [6, 6.07) is 4.62. The number of ether oxygens (including phenoxy) is 1. The highest BCUT2D eigenvalue weighted by Gasteiger charge is 2.24. The van der Waals surface area contributed by atoms with Crippen LogP contribution in [0.4, 0.5) is 0 Å². The minimum absolute atomic E-state index is 0.227. The van der Waals surface area contributed by atoms with Gasteiger partial charge in [0.1, 0.15) is 6.10 Å². The highest BCUT2D eigenvalue weighted by molar-refractivity contribution is 9.11. The lowest BCUT2D eigenvalue weighted by atomic mass is 10.1. The number of rotatable bonds is 1. The predicted molar refractivity (Wildman–Crippen MR) is 58.2 cm³/mol. The van der Waals surface area contributed by atoms with Crippen LogP contribution in [0.15, 0.2) is 15.9 Å². The van der Waals surface area contributed by atoms with Gasteiger partial charge in [-0.1, -0.05) is 0 Å². The average molecular weight is 262 g/mol. The molecule has 4 heteroatoms.